The summed E-state index contributed by atoms with van der Waals surface area (Å²) in [7, 11) is 1.70. The highest BCUT2D eigenvalue weighted by Crippen LogP contribution is 2.42. The molecule has 2 heterocycles. The van der Waals surface area contributed by atoms with Crippen LogP contribution in [-0.4, -0.2) is 49.6 Å². The Morgan fingerprint density at radius 3 is 2.90 bits per heavy atom. The number of morpholine rings is 1. The third kappa shape index (κ3) is 4.76. The molecule has 0 amide bonds. The van der Waals surface area contributed by atoms with Gasteiger partial charge in [0.05, 0.1) is 12.1 Å². The molecule has 2 N–H and O–H groups in total. The number of halogens is 1. The van der Waals surface area contributed by atoms with Crippen LogP contribution in [0.1, 0.15) is 24.8 Å². The van der Waals surface area contributed by atoms with Gasteiger partial charge in [0.1, 0.15) is 11.7 Å². The van der Waals surface area contributed by atoms with Gasteiger partial charge in [-0.3, -0.25) is 4.98 Å². The Kier molecular flexibility index (Phi) is 7.20. The summed E-state index contributed by atoms with van der Waals surface area (Å²) in [6.45, 7) is 2.60. The Hall–Kier alpha value is -2.02. The minimum Gasteiger partial charge on any atom is -0.385 e. The second-order valence-electron chi connectivity index (χ2n) is 8.02. The fraction of sp³-hybridized carbons (Fsp3) is 0.400. The molecule has 1 fully saturated rings. The van der Waals surface area contributed by atoms with Crippen LogP contribution in [0.5, 0.6) is 0 Å². The highest BCUT2D eigenvalue weighted by molar-refractivity contribution is 6.33. The molecule has 1 saturated heterocycles. The molecule has 4 rings (SSSR count). The third-order valence-electron chi connectivity index (χ3n) is 5.98. The van der Waals surface area contributed by atoms with Crippen LogP contribution in [0.2, 0.25) is 5.02 Å². The summed E-state index contributed by atoms with van der Waals surface area (Å²) in [5, 5.41) is 17.1. The second-order valence-corrected chi connectivity index (χ2v) is 8.42. The predicted molar refractivity (Wildman–Crippen MR) is 124 cm³/mol. The second kappa shape index (κ2) is 10.1. The van der Waals surface area contributed by atoms with E-state index in [4.69, 9.17) is 21.1 Å². The molecule has 6 heteroatoms. The SMILES string of the molecule is COCCCCC(O)(c1cccc(Cl)c1-c1cnc2ccccc2c1)[C@H]1CNCCO1. The van der Waals surface area contributed by atoms with E-state index in [0.717, 1.165) is 47.0 Å². The van der Waals surface area contributed by atoms with E-state index in [1.165, 1.54) is 0 Å². The normalized spacial score (nSPS) is 18.7. The summed E-state index contributed by atoms with van der Waals surface area (Å²) in [5.41, 5.74) is 2.22. The van der Waals surface area contributed by atoms with E-state index in [-0.39, 0.29) is 6.10 Å². The van der Waals surface area contributed by atoms with Gasteiger partial charge in [0.25, 0.3) is 0 Å². The maximum absolute atomic E-state index is 12.1. The fourth-order valence-electron chi connectivity index (χ4n) is 4.37. The molecular weight excluding hydrogens is 412 g/mol. The van der Waals surface area contributed by atoms with Crippen molar-refractivity contribution in [1.29, 1.82) is 0 Å². The molecule has 0 spiro atoms. The van der Waals surface area contributed by atoms with E-state index in [2.05, 4.69) is 16.4 Å². The molecule has 2 atom stereocenters. The number of unbranched alkanes of at least 4 members (excludes halogenated alkanes) is 1. The number of hydrogen-bond acceptors (Lipinski definition) is 5. The molecule has 31 heavy (non-hydrogen) atoms. The van der Waals surface area contributed by atoms with E-state index in [9.17, 15) is 5.11 Å². The summed E-state index contributed by atoms with van der Waals surface area (Å²) < 4.78 is 11.3. The Morgan fingerprint density at radius 1 is 1.23 bits per heavy atom. The van der Waals surface area contributed by atoms with E-state index < -0.39 is 5.60 Å². The summed E-state index contributed by atoms with van der Waals surface area (Å²) in [5.74, 6) is 0. The molecule has 164 valence electrons. The van der Waals surface area contributed by atoms with Crippen LogP contribution in [0.25, 0.3) is 22.0 Å². The Bertz CT molecular complexity index is 1020. The number of rotatable bonds is 8. The average molecular weight is 441 g/mol. The first-order valence-corrected chi connectivity index (χ1v) is 11.2. The zero-order valence-electron chi connectivity index (χ0n) is 17.8. The summed E-state index contributed by atoms with van der Waals surface area (Å²) in [4.78, 5) is 4.62. The Labute approximate surface area is 188 Å². The van der Waals surface area contributed by atoms with Crippen LogP contribution in [0, 0.1) is 0 Å². The van der Waals surface area contributed by atoms with Crippen molar-refractivity contribution in [2.75, 3.05) is 33.4 Å². The number of aromatic nitrogens is 1. The van der Waals surface area contributed by atoms with E-state index in [1.807, 2.05) is 48.7 Å². The monoisotopic (exact) mass is 440 g/mol. The van der Waals surface area contributed by atoms with Gasteiger partial charge in [-0.05, 0) is 43.0 Å². The molecule has 1 aliphatic heterocycles. The van der Waals surface area contributed by atoms with Gasteiger partial charge in [-0.2, -0.15) is 0 Å². The third-order valence-corrected chi connectivity index (χ3v) is 6.29. The molecule has 0 aliphatic carbocycles. The van der Waals surface area contributed by atoms with Crippen molar-refractivity contribution in [2.24, 2.45) is 0 Å². The fourth-order valence-corrected chi connectivity index (χ4v) is 4.65. The summed E-state index contributed by atoms with van der Waals surface area (Å²) in [6.07, 6.45) is 3.70. The number of nitrogens with zero attached hydrogens (tertiary/aromatic N) is 1. The molecule has 3 aromatic rings. The smallest absolute Gasteiger partial charge is 0.118 e. The molecule has 0 saturated carbocycles. The van der Waals surface area contributed by atoms with Gasteiger partial charge in [0.2, 0.25) is 0 Å². The molecule has 1 aromatic heterocycles. The van der Waals surface area contributed by atoms with E-state index in [1.54, 1.807) is 7.11 Å². The number of fused-ring (bicyclic) bond motifs is 1. The lowest BCUT2D eigenvalue weighted by atomic mass is 9.79. The minimum absolute atomic E-state index is 0.366. The van der Waals surface area contributed by atoms with Crippen molar-refractivity contribution in [1.82, 2.24) is 10.3 Å². The first-order chi connectivity index (χ1) is 15.1. The lowest BCUT2D eigenvalue weighted by Gasteiger charge is -2.40. The zero-order valence-corrected chi connectivity index (χ0v) is 18.6. The number of aliphatic hydroxyl groups is 1. The number of para-hydroxylation sites is 1. The van der Waals surface area contributed by atoms with Gasteiger partial charge in [-0.15, -0.1) is 0 Å². The molecule has 0 bridgehead atoms. The highest BCUT2D eigenvalue weighted by Gasteiger charge is 2.42. The standard InChI is InChI=1S/C25H29ClN2O3/c1-30-13-5-4-11-25(29,23-17-27-12-14-31-23)20-8-6-9-21(26)24(20)19-15-18-7-2-3-10-22(18)28-16-19/h2-3,6-10,15-16,23,27,29H,4-5,11-14,17H2,1H3/t23-,25?/m1/s1. The lowest BCUT2D eigenvalue weighted by molar-refractivity contribution is -0.129. The molecule has 1 aliphatic rings. The Morgan fingerprint density at radius 2 is 2.10 bits per heavy atom. The largest absolute Gasteiger partial charge is 0.385 e. The zero-order chi connectivity index (χ0) is 21.7. The average Bonchev–Trinajstić information content (AvgIpc) is 2.82. The number of benzene rings is 2. The quantitative estimate of drug-likeness (QED) is 0.503. The van der Waals surface area contributed by atoms with Gasteiger partial charge in [-0.25, -0.2) is 0 Å². The maximum atomic E-state index is 12.1. The van der Waals surface area contributed by atoms with Crippen molar-refractivity contribution in [3.8, 4) is 11.1 Å². The van der Waals surface area contributed by atoms with Crippen LogP contribution in [0.15, 0.2) is 54.7 Å². The van der Waals surface area contributed by atoms with E-state index in [0.29, 0.717) is 31.2 Å². The highest BCUT2D eigenvalue weighted by atomic mass is 35.5. The van der Waals surface area contributed by atoms with Crippen molar-refractivity contribution in [2.45, 2.75) is 31.0 Å². The van der Waals surface area contributed by atoms with Crippen LogP contribution >= 0.6 is 11.6 Å². The first-order valence-electron chi connectivity index (χ1n) is 10.8. The van der Waals surface area contributed by atoms with Crippen molar-refractivity contribution < 1.29 is 14.6 Å². The molecule has 1 unspecified atom stereocenters. The number of ether oxygens (including phenoxy) is 2. The van der Waals surface area contributed by atoms with Gasteiger partial charge >= 0.3 is 0 Å². The van der Waals surface area contributed by atoms with Gasteiger partial charge in [0.15, 0.2) is 0 Å². The summed E-state index contributed by atoms with van der Waals surface area (Å²) >= 11 is 6.73. The van der Waals surface area contributed by atoms with Crippen LogP contribution < -0.4 is 5.32 Å². The van der Waals surface area contributed by atoms with Gasteiger partial charge in [0, 0.05) is 54.5 Å². The van der Waals surface area contributed by atoms with Crippen LogP contribution in [0.3, 0.4) is 0 Å². The summed E-state index contributed by atoms with van der Waals surface area (Å²) in [6, 6.07) is 15.8. The van der Waals surface area contributed by atoms with E-state index >= 15 is 0 Å². The topological polar surface area (TPSA) is 63.6 Å². The van der Waals surface area contributed by atoms with Crippen LogP contribution in [0.4, 0.5) is 0 Å². The number of methoxy groups -OCH3 is 1. The predicted octanol–water partition coefficient (Wildman–Crippen LogP) is 4.55. The molecular formula is C25H29ClN2O3. The maximum Gasteiger partial charge on any atom is 0.118 e. The Balaban J connectivity index is 1.80. The van der Waals surface area contributed by atoms with Crippen molar-refractivity contribution in [3.63, 3.8) is 0 Å². The number of pyridine rings is 1. The van der Waals surface area contributed by atoms with Crippen LogP contribution in [-0.2, 0) is 15.1 Å². The van der Waals surface area contributed by atoms with Crippen molar-refractivity contribution >= 4 is 22.5 Å². The molecule has 5 nitrogen and oxygen atoms in total. The number of hydrogen-bond donors (Lipinski definition) is 2. The molecule has 0 radical (unpaired) electrons. The van der Waals surface area contributed by atoms with Crippen molar-refractivity contribution in [3.05, 3.63) is 65.3 Å². The number of nitrogens with one attached hydrogen (secondary N) is 1. The van der Waals surface area contributed by atoms with Gasteiger partial charge in [-0.1, -0.05) is 41.9 Å². The minimum atomic E-state index is -1.19. The lowest BCUT2D eigenvalue weighted by Crippen LogP contribution is -2.51. The van der Waals surface area contributed by atoms with Gasteiger partial charge < -0.3 is 19.9 Å². The molecule has 2 aromatic carbocycles. The first kappa shape index (κ1) is 22.2.